The fourth-order valence-corrected chi connectivity index (χ4v) is 5.21. The highest BCUT2D eigenvalue weighted by Crippen LogP contribution is 2.22. The maximum atomic E-state index is 13.3. The minimum absolute atomic E-state index is 0.0987. The number of nitrogens with zero attached hydrogens (tertiary/aromatic N) is 1. The van der Waals surface area contributed by atoms with Crippen LogP contribution in [0, 0.1) is 6.92 Å². The van der Waals surface area contributed by atoms with E-state index in [0.29, 0.717) is 22.7 Å². The van der Waals surface area contributed by atoms with E-state index in [1.54, 1.807) is 43.3 Å². The highest BCUT2D eigenvalue weighted by molar-refractivity contribution is 7.89. The van der Waals surface area contributed by atoms with Gasteiger partial charge in [0.2, 0.25) is 15.9 Å². The maximum Gasteiger partial charge on any atom is 0.242 e. The van der Waals surface area contributed by atoms with Crippen LogP contribution in [0.3, 0.4) is 0 Å². The number of nitrogens with one attached hydrogen (secondary N) is 2. The van der Waals surface area contributed by atoms with Gasteiger partial charge in [-0.1, -0.05) is 60.7 Å². The summed E-state index contributed by atoms with van der Waals surface area (Å²) in [7, 11) is -3.98. The van der Waals surface area contributed by atoms with Crippen LogP contribution in [0.1, 0.15) is 11.5 Å². The molecular weight excluding hydrogens is 462 g/mol. The van der Waals surface area contributed by atoms with Gasteiger partial charge in [0, 0.05) is 12.6 Å². The summed E-state index contributed by atoms with van der Waals surface area (Å²) in [6.45, 7) is 1.75. The van der Waals surface area contributed by atoms with E-state index < -0.39 is 22.0 Å². The molecule has 0 saturated heterocycles. The summed E-state index contributed by atoms with van der Waals surface area (Å²) in [5.41, 5.74) is 2.55. The number of amides is 1. The van der Waals surface area contributed by atoms with Gasteiger partial charge in [0.15, 0.2) is 11.5 Å². The highest BCUT2D eigenvalue weighted by atomic mass is 32.2. The Labute approximate surface area is 202 Å². The maximum absolute atomic E-state index is 13.3. The molecule has 0 fully saturated rings. The molecule has 0 spiro atoms. The molecule has 1 unspecified atom stereocenters. The summed E-state index contributed by atoms with van der Waals surface area (Å²) < 4.78 is 34.7. The van der Waals surface area contributed by atoms with Crippen molar-refractivity contribution in [3.05, 3.63) is 102 Å². The standard InChI is InChI=1S/C27H23N3O4S/c1-18-28-24-17-22(12-14-26(24)34-18)29-27(31)25(15-19-7-3-2-4-8-19)30-35(32,33)23-13-11-20-9-5-6-10-21(20)16-23/h2-14,16-17,25,30H,15H2,1H3,(H,29,31). The van der Waals surface area contributed by atoms with Crippen molar-refractivity contribution in [1.82, 2.24) is 9.71 Å². The number of anilines is 1. The third kappa shape index (κ3) is 5.08. The summed E-state index contributed by atoms with van der Waals surface area (Å²) in [6, 6.07) is 25.8. The molecule has 7 nitrogen and oxygen atoms in total. The van der Waals surface area contributed by atoms with E-state index in [0.717, 1.165) is 16.3 Å². The van der Waals surface area contributed by atoms with Gasteiger partial charge >= 0.3 is 0 Å². The lowest BCUT2D eigenvalue weighted by molar-refractivity contribution is -0.117. The van der Waals surface area contributed by atoms with Crippen molar-refractivity contribution >= 4 is 43.5 Å². The molecule has 8 heteroatoms. The Kier molecular flexibility index (Phi) is 6.07. The van der Waals surface area contributed by atoms with Crippen LogP contribution in [-0.4, -0.2) is 25.4 Å². The first-order chi connectivity index (χ1) is 16.9. The predicted molar refractivity (Wildman–Crippen MR) is 136 cm³/mol. The third-order valence-corrected chi connectivity index (χ3v) is 7.16. The Balaban J connectivity index is 1.43. The first kappa shape index (κ1) is 22.8. The largest absolute Gasteiger partial charge is 0.441 e. The molecule has 176 valence electrons. The first-order valence-corrected chi connectivity index (χ1v) is 12.6. The van der Waals surface area contributed by atoms with E-state index in [1.807, 2.05) is 54.6 Å². The Morgan fingerprint density at radius 3 is 2.46 bits per heavy atom. The van der Waals surface area contributed by atoms with E-state index in [-0.39, 0.29) is 11.3 Å². The minimum Gasteiger partial charge on any atom is -0.441 e. The van der Waals surface area contributed by atoms with Crippen LogP contribution in [0.5, 0.6) is 0 Å². The molecule has 2 N–H and O–H groups in total. The lowest BCUT2D eigenvalue weighted by Crippen LogP contribution is -2.45. The Morgan fingerprint density at radius 1 is 0.914 bits per heavy atom. The highest BCUT2D eigenvalue weighted by Gasteiger charge is 2.26. The van der Waals surface area contributed by atoms with Crippen molar-refractivity contribution in [2.45, 2.75) is 24.3 Å². The van der Waals surface area contributed by atoms with Gasteiger partial charge in [0.25, 0.3) is 0 Å². The lowest BCUT2D eigenvalue weighted by Gasteiger charge is -2.19. The van der Waals surface area contributed by atoms with E-state index in [4.69, 9.17) is 4.42 Å². The zero-order chi connectivity index (χ0) is 24.4. The van der Waals surface area contributed by atoms with Crippen LogP contribution in [0.4, 0.5) is 5.69 Å². The number of aryl methyl sites for hydroxylation is 1. The van der Waals surface area contributed by atoms with E-state index in [2.05, 4.69) is 15.0 Å². The third-order valence-electron chi connectivity index (χ3n) is 5.69. The molecule has 0 radical (unpaired) electrons. The second kappa shape index (κ2) is 9.32. The molecule has 0 aliphatic carbocycles. The summed E-state index contributed by atoms with van der Waals surface area (Å²) in [6.07, 6.45) is 0.185. The van der Waals surface area contributed by atoms with Gasteiger partial charge in [-0.2, -0.15) is 4.72 Å². The van der Waals surface area contributed by atoms with E-state index in [1.165, 1.54) is 0 Å². The number of aromatic nitrogens is 1. The summed E-state index contributed by atoms with van der Waals surface area (Å²) in [4.78, 5) is 17.7. The van der Waals surface area contributed by atoms with Crippen LogP contribution in [-0.2, 0) is 21.2 Å². The Morgan fingerprint density at radius 2 is 1.66 bits per heavy atom. The Bertz CT molecular complexity index is 1630. The second-order valence-corrected chi connectivity index (χ2v) is 9.99. The number of fused-ring (bicyclic) bond motifs is 2. The monoisotopic (exact) mass is 485 g/mol. The van der Waals surface area contributed by atoms with Crippen LogP contribution >= 0.6 is 0 Å². The number of rotatable bonds is 7. The molecule has 0 saturated carbocycles. The molecule has 1 heterocycles. The topological polar surface area (TPSA) is 101 Å². The molecule has 0 aliphatic rings. The SMILES string of the molecule is Cc1nc2cc(NC(=O)C(Cc3ccccc3)NS(=O)(=O)c3ccc4ccccc4c3)ccc2o1. The molecule has 1 aromatic heterocycles. The van der Waals surface area contributed by atoms with Crippen molar-refractivity contribution < 1.29 is 17.6 Å². The molecule has 4 aromatic carbocycles. The van der Waals surface area contributed by atoms with Crippen molar-refractivity contribution in [3.63, 3.8) is 0 Å². The average Bonchev–Trinajstić information content (AvgIpc) is 3.23. The molecule has 1 amide bonds. The number of carbonyl (C=O) groups is 1. The van der Waals surface area contributed by atoms with Gasteiger partial charge in [0.1, 0.15) is 11.6 Å². The average molecular weight is 486 g/mol. The van der Waals surface area contributed by atoms with Crippen LogP contribution in [0.2, 0.25) is 0 Å². The minimum atomic E-state index is -3.98. The first-order valence-electron chi connectivity index (χ1n) is 11.1. The number of hydrogen-bond acceptors (Lipinski definition) is 5. The zero-order valence-electron chi connectivity index (χ0n) is 18.9. The summed E-state index contributed by atoms with van der Waals surface area (Å²) >= 11 is 0. The molecule has 1 atom stereocenters. The van der Waals surface area contributed by atoms with Gasteiger partial charge in [-0.15, -0.1) is 0 Å². The normalized spacial score (nSPS) is 12.6. The molecule has 0 aliphatic heterocycles. The number of sulfonamides is 1. The van der Waals surface area contributed by atoms with E-state index in [9.17, 15) is 13.2 Å². The number of oxazole rings is 1. The van der Waals surface area contributed by atoms with Gasteiger partial charge in [-0.3, -0.25) is 4.79 Å². The molecule has 0 bridgehead atoms. The van der Waals surface area contributed by atoms with Gasteiger partial charge in [-0.05, 0) is 53.1 Å². The molecule has 5 rings (SSSR count). The number of benzene rings is 4. The summed E-state index contributed by atoms with van der Waals surface area (Å²) in [5, 5.41) is 4.56. The van der Waals surface area contributed by atoms with Gasteiger partial charge < -0.3 is 9.73 Å². The molecule has 35 heavy (non-hydrogen) atoms. The van der Waals surface area contributed by atoms with Crippen molar-refractivity contribution in [2.24, 2.45) is 0 Å². The number of hydrogen-bond donors (Lipinski definition) is 2. The van der Waals surface area contributed by atoms with Crippen LogP contribution < -0.4 is 10.0 Å². The molecule has 5 aromatic rings. The zero-order valence-corrected chi connectivity index (χ0v) is 19.7. The van der Waals surface area contributed by atoms with Crippen LogP contribution in [0.15, 0.2) is 100 Å². The Hall–Kier alpha value is -4.01. The smallest absolute Gasteiger partial charge is 0.242 e. The molecular formula is C27H23N3O4S. The van der Waals surface area contributed by atoms with Crippen LogP contribution in [0.25, 0.3) is 21.9 Å². The quantitative estimate of drug-likeness (QED) is 0.344. The van der Waals surface area contributed by atoms with Gasteiger partial charge in [-0.25, -0.2) is 13.4 Å². The predicted octanol–water partition coefficient (Wildman–Crippen LogP) is 4.82. The number of carbonyl (C=O) groups excluding carboxylic acids is 1. The van der Waals surface area contributed by atoms with Crippen molar-refractivity contribution in [1.29, 1.82) is 0 Å². The lowest BCUT2D eigenvalue weighted by atomic mass is 10.1. The van der Waals surface area contributed by atoms with E-state index >= 15 is 0 Å². The fourth-order valence-electron chi connectivity index (χ4n) is 3.98. The fraction of sp³-hybridized carbons (Fsp3) is 0.111. The van der Waals surface area contributed by atoms with Crippen molar-refractivity contribution in [2.75, 3.05) is 5.32 Å². The second-order valence-electron chi connectivity index (χ2n) is 8.28. The summed E-state index contributed by atoms with van der Waals surface area (Å²) in [5.74, 6) is 0.0476. The van der Waals surface area contributed by atoms with Gasteiger partial charge in [0.05, 0.1) is 4.90 Å². The van der Waals surface area contributed by atoms with Crippen molar-refractivity contribution in [3.8, 4) is 0 Å².